The van der Waals surface area contributed by atoms with E-state index in [1.807, 2.05) is 13.0 Å². The third-order valence-electron chi connectivity index (χ3n) is 4.54. The molecule has 21 heavy (non-hydrogen) atoms. The Kier molecular flexibility index (Phi) is 4.07. The molecule has 1 N–H and O–H groups in total. The normalized spacial score (nSPS) is 16.0. The average Bonchev–Trinajstić information content (AvgIpc) is 2.89. The molecule has 0 heterocycles. The molecule has 1 aliphatic carbocycles. The first-order valence-electron chi connectivity index (χ1n) is 7.75. The molecule has 0 aromatic heterocycles. The monoisotopic (exact) mass is 283 g/mol. The van der Waals surface area contributed by atoms with Gasteiger partial charge in [-0.15, -0.1) is 0 Å². The predicted molar refractivity (Wildman–Crippen MR) is 84.9 cm³/mol. The van der Waals surface area contributed by atoms with Gasteiger partial charge in [0.05, 0.1) is 0 Å². The molecule has 0 radical (unpaired) electrons. The Morgan fingerprint density at radius 2 is 1.81 bits per heavy atom. The molecule has 1 nitrogen and oxygen atoms in total. The summed E-state index contributed by atoms with van der Waals surface area (Å²) < 4.78 is 13.4. The minimum Gasteiger partial charge on any atom is -0.310 e. The highest BCUT2D eigenvalue weighted by molar-refractivity contribution is 5.36. The average molecular weight is 283 g/mol. The summed E-state index contributed by atoms with van der Waals surface area (Å²) in [5.74, 6) is 0.396. The van der Waals surface area contributed by atoms with Gasteiger partial charge in [0.1, 0.15) is 5.82 Å². The van der Waals surface area contributed by atoms with Gasteiger partial charge >= 0.3 is 0 Å². The van der Waals surface area contributed by atoms with Crippen LogP contribution in [0, 0.1) is 18.7 Å². The summed E-state index contributed by atoms with van der Waals surface area (Å²) in [5, 5.41) is 3.61. The SMILES string of the molecule is CCNC(c1ccc(F)cc1C)C1Cc2ccccc2C1. The maximum absolute atomic E-state index is 13.4. The van der Waals surface area contributed by atoms with Crippen LogP contribution in [0.15, 0.2) is 42.5 Å². The van der Waals surface area contributed by atoms with Gasteiger partial charge < -0.3 is 5.32 Å². The van der Waals surface area contributed by atoms with Gasteiger partial charge in [0.2, 0.25) is 0 Å². The number of halogens is 1. The molecule has 0 saturated carbocycles. The molecule has 3 rings (SSSR count). The molecule has 0 bridgehead atoms. The lowest BCUT2D eigenvalue weighted by atomic mass is 9.88. The van der Waals surface area contributed by atoms with Gasteiger partial charge in [0.25, 0.3) is 0 Å². The summed E-state index contributed by atoms with van der Waals surface area (Å²) in [6, 6.07) is 14.2. The number of hydrogen-bond acceptors (Lipinski definition) is 1. The quantitative estimate of drug-likeness (QED) is 0.886. The van der Waals surface area contributed by atoms with E-state index in [4.69, 9.17) is 0 Å². The third-order valence-corrected chi connectivity index (χ3v) is 4.54. The van der Waals surface area contributed by atoms with Crippen LogP contribution >= 0.6 is 0 Å². The molecule has 2 heteroatoms. The molecular weight excluding hydrogens is 261 g/mol. The first-order chi connectivity index (χ1) is 10.2. The van der Waals surface area contributed by atoms with Crippen molar-refractivity contribution < 1.29 is 4.39 Å². The first kappa shape index (κ1) is 14.3. The molecular formula is C19H22FN. The smallest absolute Gasteiger partial charge is 0.123 e. The molecule has 0 saturated heterocycles. The molecule has 0 aliphatic heterocycles. The van der Waals surface area contributed by atoms with E-state index in [0.717, 1.165) is 24.9 Å². The summed E-state index contributed by atoms with van der Waals surface area (Å²) in [4.78, 5) is 0. The van der Waals surface area contributed by atoms with Gasteiger partial charge in [-0.2, -0.15) is 0 Å². The first-order valence-corrected chi connectivity index (χ1v) is 7.75. The minimum atomic E-state index is -0.152. The molecule has 1 unspecified atom stereocenters. The summed E-state index contributed by atoms with van der Waals surface area (Å²) in [6.07, 6.45) is 2.20. The largest absolute Gasteiger partial charge is 0.310 e. The van der Waals surface area contributed by atoms with E-state index >= 15 is 0 Å². The van der Waals surface area contributed by atoms with Crippen LogP contribution in [0.3, 0.4) is 0 Å². The highest BCUT2D eigenvalue weighted by atomic mass is 19.1. The standard InChI is InChI=1S/C19H22FN/c1-3-21-19(18-9-8-17(20)10-13(18)2)16-11-14-6-4-5-7-15(14)12-16/h4-10,16,19,21H,3,11-12H2,1-2H3. The fourth-order valence-electron chi connectivity index (χ4n) is 3.57. The maximum atomic E-state index is 13.4. The fraction of sp³-hybridized carbons (Fsp3) is 0.368. The molecule has 2 aromatic carbocycles. The number of hydrogen-bond donors (Lipinski definition) is 1. The second kappa shape index (κ2) is 5.98. The van der Waals surface area contributed by atoms with E-state index in [2.05, 4.69) is 36.5 Å². The molecule has 0 fully saturated rings. The van der Waals surface area contributed by atoms with E-state index < -0.39 is 0 Å². The Morgan fingerprint density at radius 3 is 2.38 bits per heavy atom. The van der Waals surface area contributed by atoms with Crippen molar-refractivity contribution in [1.82, 2.24) is 5.32 Å². The van der Waals surface area contributed by atoms with Crippen molar-refractivity contribution in [2.24, 2.45) is 5.92 Å². The lowest BCUT2D eigenvalue weighted by molar-refractivity contribution is 0.379. The summed E-state index contributed by atoms with van der Waals surface area (Å²) in [5.41, 5.74) is 5.20. The van der Waals surface area contributed by atoms with Crippen molar-refractivity contribution >= 4 is 0 Å². The van der Waals surface area contributed by atoms with Gasteiger partial charge in [-0.25, -0.2) is 4.39 Å². The van der Waals surface area contributed by atoms with Gasteiger partial charge in [0.15, 0.2) is 0 Å². The van der Waals surface area contributed by atoms with Crippen LogP contribution in [-0.2, 0) is 12.8 Å². The lowest BCUT2D eigenvalue weighted by Crippen LogP contribution is -2.29. The number of rotatable bonds is 4. The second-order valence-corrected chi connectivity index (χ2v) is 5.97. The zero-order valence-electron chi connectivity index (χ0n) is 12.7. The van der Waals surface area contributed by atoms with Crippen molar-refractivity contribution in [3.05, 3.63) is 70.5 Å². The molecule has 2 aromatic rings. The van der Waals surface area contributed by atoms with Crippen LogP contribution in [0.1, 0.15) is 35.2 Å². The van der Waals surface area contributed by atoms with E-state index in [1.165, 1.54) is 16.7 Å². The van der Waals surface area contributed by atoms with E-state index in [-0.39, 0.29) is 5.82 Å². The number of benzene rings is 2. The predicted octanol–water partition coefficient (Wildman–Crippen LogP) is 4.20. The topological polar surface area (TPSA) is 12.0 Å². The van der Waals surface area contributed by atoms with Crippen molar-refractivity contribution in [3.8, 4) is 0 Å². The molecule has 0 spiro atoms. The Bertz CT molecular complexity index is 610. The van der Waals surface area contributed by atoms with Crippen LogP contribution in [0.4, 0.5) is 4.39 Å². The van der Waals surface area contributed by atoms with Crippen LogP contribution in [0.25, 0.3) is 0 Å². The van der Waals surface area contributed by atoms with Crippen LogP contribution in [-0.4, -0.2) is 6.54 Å². The van der Waals surface area contributed by atoms with Crippen molar-refractivity contribution in [2.75, 3.05) is 6.54 Å². The highest BCUT2D eigenvalue weighted by Crippen LogP contribution is 2.36. The van der Waals surface area contributed by atoms with Crippen molar-refractivity contribution in [1.29, 1.82) is 0 Å². The number of fused-ring (bicyclic) bond motifs is 1. The van der Waals surface area contributed by atoms with E-state index in [0.29, 0.717) is 12.0 Å². The van der Waals surface area contributed by atoms with Gasteiger partial charge in [-0.05, 0) is 66.6 Å². The molecule has 110 valence electrons. The second-order valence-electron chi connectivity index (χ2n) is 5.97. The Hall–Kier alpha value is -1.67. The summed E-state index contributed by atoms with van der Waals surface area (Å²) >= 11 is 0. The van der Waals surface area contributed by atoms with Crippen LogP contribution in [0.5, 0.6) is 0 Å². The number of nitrogens with one attached hydrogen (secondary N) is 1. The third kappa shape index (κ3) is 2.86. The zero-order chi connectivity index (χ0) is 14.8. The van der Waals surface area contributed by atoms with Gasteiger partial charge in [0, 0.05) is 6.04 Å². The Morgan fingerprint density at radius 1 is 1.14 bits per heavy atom. The minimum absolute atomic E-state index is 0.152. The fourth-order valence-corrected chi connectivity index (χ4v) is 3.57. The van der Waals surface area contributed by atoms with Crippen LogP contribution in [0.2, 0.25) is 0 Å². The molecule has 0 amide bonds. The van der Waals surface area contributed by atoms with Gasteiger partial charge in [-0.1, -0.05) is 37.3 Å². The lowest BCUT2D eigenvalue weighted by Gasteiger charge is -2.26. The van der Waals surface area contributed by atoms with Crippen molar-refractivity contribution in [3.63, 3.8) is 0 Å². The molecule has 1 atom stereocenters. The molecule has 1 aliphatic rings. The van der Waals surface area contributed by atoms with E-state index in [1.54, 1.807) is 12.1 Å². The highest BCUT2D eigenvalue weighted by Gasteiger charge is 2.29. The Labute approximate surface area is 126 Å². The number of aryl methyl sites for hydroxylation is 1. The van der Waals surface area contributed by atoms with Gasteiger partial charge in [-0.3, -0.25) is 0 Å². The van der Waals surface area contributed by atoms with Crippen LogP contribution < -0.4 is 5.32 Å². The van der Waals surface area contributed by atoms with E-state index in [9.17, 15) is 4.39 Å². The van der Waals surface area contributed by atoms with Crippen molar-refractivity contribution in [2.45, 2.75) is 32.7 Å². The Balaban J connectivity index is 1.89. The summed E-state index contributed by atoms with van der Waals surface area (Å²) in [6.45, 7) is 5.06. The zero-order valence-corrected chi connectivity index (χ0v) is 12.7. The summed E-state index contributed by atoms with van der Waals surface area (Å²) in [7, 11) is 0. The maximum Gasteiger partial charge on any atom is 0.123 e.